The van der Waals surface area contributed by atoms with Gasteiger partial charge in [0, 0.05) is 12.0 Å². The molecule has 0 saturated carbocycles. The predicted octanol–water partition coefficient (Wildman–Crippen LogP) is 2.10. The number of aliphatic imine (C=N–C) groups is 1. The van der Waals surface area contributed by atoms with Crippen molar-refractivity contribution in [3.8, 4) is 5.88 Å². The van der Waals surface area contributed by atoms with E-state index in [0.29, 0.717) is 11.3 Å². The minimum atomic E-state index is -2.73. The second kappa shape index (κ2) is 7.26. The van der Waals surface area contributed by atoms with Gasteiger partial charge in [0.25, 0.3) is 6.02 Å². The highest BCUT2D eigenvalue weighted by Crippen LogP contribution is 2.34. The van der Waals surface area contributed by atoms with Gasteiger partial charge < -0.3 is 20.9 Å². The number of nitrogens with two attached hydrogens (primary N) is 2. The van der Waals surface area contributed by atoms with Crippen molar-refractivity contribution in [2.24, 2.45) is 10.7 Å². The molecule has 8 nitrogen and oxygen atoms in total. The molecule has 4 N–H and O–H groups in total. The summed E-state index contributed by atoms with van der Waals surface area (Å²) in [4.78, 5) is 24.5. The zero-order valence-electron chi connectivity index (χ0n) is 18.2. The van der Waals surface area contributed by atoms with Crippen molar-refractivity contribution in [2.75, 3.05) is 12.8 Å². The Balaban J connectivity index is 1.87. The van der Waals surface area contributed by atoms with Crippen LogP contribution in [0.15, 0.2) is 41.2 Å². The Morgan fingerprint density at radius 1 is 1.43 bits per heavy atom. The average molecular weight is 388 g/mol. The zero-order valence-corrected chi connectivity index (χ0v) is 15.2. The Labute approximate surface area is 165 Å². The Hall–Kier alpha value is -3.49. The minimum Gasteiger partial charge on any atom is -0.480 e. The number of halogens is 1. The van der Waals surface area contributed by atoms with Crippen LogP contribution in [0.5, 0.6) is 5.88 Å². The molecule has 146 valence electrons. The molecule has 1 aliphatic rings. The van der Waals surface area contributed by atoms with Gasteiger partial charge in [-0.3, -0.25) is 4.79 Å². The number of Topliss-reactive ketones (excluding diaryl/α,β-unsaturated/α-hetero) is 1. The lowest BCUT2D eigenvalue weighted by Crippen LogP contribution is -2.30. The summed E-state index contributed by atoms with van der Waals surface area (Å²) in [7, 11) is -2.73. The van der Waals surface area contributed by atoms with E-state index in [9.17, 15) is 9.18 Å². The van der Waals surface area contributed by atoms with Gasteiger partial charge in [-0.1, -0.05) is 6.07 Å². The Morgan fingerprint density at radius 3 is 2.89 bits per heavy atom. The van der Waals surface area contributed by atoms with E-state index in [4.69, 9.17) is 20.3 Å². The first-order valence-corrected chi connectivity index (χ1v) is 8.22. The zero-order chi connectivity index (χ0) is 23.0. The SMILES string of the molecule is [2H]C([2H])([2H])Oc1cnc(C(=O)Cc2ccc(F)c([C@]3(C)C=C(C)OC(N)=N3)c2)c(N)n1. The highest BCUT2D eigenvalue weighted by Gasteiger charge is 2.31. The van der Waals surface area contributed by atoms with Crippen molar-refractivity contribution in [1.29, 1.82) is 0 Å². The van der Waals surface area contributed by atoms with Gasteiger partial charge in [0.2, 0.25) is 5.88 Å². The molecular formula is C19H20FN5O3. The predicted molar refractivity (Wildman–Crippen MR) is 101 cm³/mol. The van der Waals surface area contributed by atoms with Crippen LogP contribution in [0.2, 0.25) is 0 Å². The summed E-state index contributed by atoms with van der Waals surface area (Å²) in [5, 5.41) is 0. The van der Waals surface area contributed by atoms with Gasteiger partial charge in [0.05, 0.1) is 17.3 Å². The van der Waals surface area contributed by atoms with E-state index < -0.39 is 24.2 Å². The minimum absolute atomic E-state index is 0.0919. The van der Waals surface area contributed by atoms with Crippen molar-refractivity contribution in [2.45, 2.75) is 25.8 Å². The third-order valence-electron chi connectivity index (χ3n) is 4.18. The average Bonchev–Trinajstić information content (AvgIpc) is 2.60. The number of hydrogen-bond acceptors (Lipinski definition) is 8. The van der Waals surface area contributed by atoms with Crippen LogP contribution < -0.4 is 16.2 Å². The summed E-state index contributed by atoms with van der Waals surface area (Å²) in [6, 6.07) is 4.11. The lowest BCUT2D eigenvalue weighted by molar-refractivity contribution is 0.0988. The highest BCUT2D eigenvalue weighted by molar-refractivity contribution is 5.99. The molecule has 0 fully saturated rings. The number of benzene rings is 1. The molecule has 0 radical (unpaired) electrons. The van der Waals surface area contributed by atoms with Gasteiger partial charge in [-0.25, -0.2) is 14.4 Å². The Morgan fingerprint density at radius 2 is 2.21 bits per heavy atom. The molecule has 0 amide bonds. The van der Waals surface area contributed by atoms with E-state index in [1.807, 2.05) is 0 Å². The molecule has 1 aromatic heterocycles. The number of aromatic nitrogens is 2. The molecule has 2 heterocycles. The van der Waals surface area contributed by atoms with Crippen LogP contribution in [0.25, 0.3) is 0 Å². The molecule has 1 atom stereocenters. The van der Waals surface area contributed by atoms with E-state index in [0.717, 1.165) is 6.20 Å². The number of rotatable bonds is 5. The largest absolute Gasteiger partial charge is 0.480 e. The van der Waals surface area contributed by atoms with Crippen LogP contribution >= 0.6 is 0 Å². The summed E-state index contributed by atoms with van der Waals surface area (Å²) in [6.07, 6.45) is 2.47. The molecule has 0 saturated heterocycles. The quantitative estimate of drug-likeness (QED) is 0.751. The molecule has 9 heteroatoms. The molecule has 0 bridgehead atoms. The fourth-order valence-corrected chi connectivity index (χ4v) is 3.00. The number of carbonyl (C=O) groups excluding carboxylic acids is 1. The van der Waals surface area contributed by atoms with E-state index in [1.54, 1.807) is 19.9 Å². The summed E-state index contributed by atoms with van der Waals surface area (Å²) >= 11 is 0. The van der Waals surface area contributed by atoms with Gasteiger partial charge in [-0.15, -0.1) is 0 Å². The number of nitrogens with zero attached hydrogens (tertiary/aromatic N) is 3. The molecule has 1 aliphatic heterocycles. The van der Waals surface area contributed by atoms with Crippen LogP contribution in [0.3, 0.4) is 0 Å². The van der Waals surface area contributed by atoms with E-state index in [2.05, 4.69) is 19.7 Å². The number of carbonyl (C=O) groups is 1. The number of amidine groups is 1. The van der Waals surface area contributed by atoms with Gasteiger partial charge >= 0.3 is 0 Å². The monoisotopic (exact) mass is 388 g/mol. The highest BCUT2D eigenvalue weighted by atomic mass is 19.1. The molecule has 2 aromatic rings. The molecule has 1 aromatic carbocycles. The lowest BCUT2D eigenvalue weighted by atomic mass is 9.89. The van der Waals surface area contributed by atoms with Gasteiger partial charge in [-0.2, -0.15) is 4.98 Å². The third kappa shape index (κ3) is 3.78. The summed E-state index contributed by atoms with van der Waals surface area (Å²) in [5.41, 5.74) is 10.9. The number of hydrogen-bond donors (Lipinski definition) is 2. The standard InChI is InChI=1S/C19H20FN5O3/c1-10-8-19(2,25-18(22)28-10)12-6-11(4-5-13(12)20)7-14(26)16-17(21)24-15(27-3)9-23-16/h4-6,8-9H,7H2,1-3H3,(H2,21,24)(H2,22,25)/t19-/m0/s1/i3D3. The fourth-order valence-electron chi connectivity index (χ4n) is 3.00. The number of anilines is 1. The van der Waals surface area contributed by atoms with Crippen LogP contribution in [0.4, 0.5) is 10.2 Å². The molecule has 0 unspecified atom stereocenters. The number of nitrogen functional groups attached to an aromatic ring is 1. The number of allylic oxidation sites excluding steroid dienone is 1. The number of ketones is 1. The molecular weight excluding hydrogens is 365 g/mol. The first kappa shape index (κ1) is 15.6. The maximum Gasteiger partial charge on any atom is 0.288 e. The summed E-state index contributed by atoms with van der Waals surface area (Å²) < 4.78 is 45.6. The maximum absolute atomic E-state index is 14.6. The summed E-state index contributed by atoms with van der Waals surface area (Å²) in [5.74, 6) is -1.15. The van der Waals surface area contributed by atoms with Crippen LogP contribution in [0, 0.1) is 5.82 Å². The molecule has 0 aliphatic carbocycles. The third-order valence-corrected chi connectivity index (χ3v) is 4.18. The first-order chi connectivity index (χ1) is 14.4. The lowest BCUT2D eigenvalue weighted by Gasteiger charge is -2.27. The van der Waals surface area contributed by atoms with Crippen LogP contribution in [-0.4, -0.2) is 28.8 Å². The normalized spacial score (nSPS) is 20.8. The van der Waals surface area contributed by atoms with Crippen molar-refractivity contribution < 1.29 is 22.8 Å². The Kier molecular flexibility index (Phi) is 4.03. The van der Waals surface area contributed by atoms with E-state index in [-0.39, 0.29) is 35.4 Å². The fraction of sp³-hybridized carbons (Fsp3) is 0.263. The van der Waals surface area contributed by atoms with Crippen molar-refractivity contribution in [3.63, 3.8) is 0 Å². The van der Waals surface area contributed by atoms with Crippen molar-refractivity contribution >= 4 is 17.6 Å². The molecule has 28 heavy (non-hydrogen) atoms. The summed E-state index contributed by atoms with van der Waals surface area (Å²) in [6.45, 7) is 3.34. The molecule has 3 rings (SSSR count). The van der Waals surface area contributed by atoms with E-state index in [1.165, 1.54) is 18.2 Å². The smallest absolute Gasteiger partial charge is 0.288 e. The molecule has 0 spiro atoms. The van der Waals surface area contributed by atoms with Crippen LogP contribution in [-0.2, 0) is 16.7 Å². The van der Waals surface area contributed by atoms with Gasteiger partial charge in [0.15, 0.2) is 11.6 Å². The number of methoxy groups -OCH3 is 1. The first-order valence-electron chi connectivity index (χ1n) is 9.72. The topological polar surface area (TPSA) is 126 Å². The van der Waals surface area contributed by atoms with Crippen molar-refractivity contribution in [1.82, 2.24) is 9.97 Å². The second-order valence-electron chi connectivity index (χ2n) is 6.41. The van der Waals surface area contributed by atoms with Crippen molar-refractivity contribution in [3.05, 3.63) is 58.9 Å². The Bertz CT molecular complexity index is 1080. The van der Waals surface area contributed by atoms with Gasteiger partial charge in [-0.05, 0) is 37.6 Å². The number of ether oxygens (including phenoxy) is 2. The second-order valence-corrected chi connectivity index (χ2v) is 6.41. The van der Waals surface area contributed by atoms with Gasteiger partial charge in [0.1, 0.15) is 22.8 Å². The maximum atomic E-state index is 14.6. The van der Waals surface area contributed by atoms with Crippen LogP contribution in [0.1, 0.15) is 39.6 Å². The van der Waals surface area contributed by atoms with E-state index >= 15 is 0 Å².